The number of thiol groups is 1. The van der Waals surface area contributed by atoms with E-state index < -0.39 is 5.69 Å². The minimum atomic E-state index is -3.11. The summed E-state index contributed by atoms with van der Waals surface area (Å²) in [7, 11) is 0. The van der Waals surface area contributed by atoms with Crippen LogP contribution in [0.15, 0.2) is 0 Å². The lowest BCUT2D eigenvalue weighted by molar-refractivity contribution is 0.168. The molecule has 3 nitrogen and oxygen atoms in total. The fourth-order valence-electron chi connectivity index (χ4n) is 0.682. The van der Waals surface area contributed by atoms with Gasteiger partial charge in [-0.1, -0.05) is 26.1 Å². The molecule has 0 saturated carbocycles. The van der Waals surface area contributed by atoms with Crippen LogP contribution in [0, 0.1) is 5.92 Å². The Kier molecular flexibility index (Phi) is 9.34. The van der Waals surface area contributed by atoms with Crippen molar-refractivity contribution in [3.63, 3.8) is 0 Å². The van der Waals surface area contributed by atoms with E-state index in [0.717, 1.165) is 6.42 Å². The molecule has 0 heterocycles. The number of rotatable bonds is 2. The van der Waals surface area contributed by atoms with Crippen LogP contribution in [0.5, 0.6) is 0 Å². The zero-order chi connectivity index (χ0) is 10.4. The van der Waals surface area contributed by atoms with E-state index in [9.17, 15) is 0 Å². The molecule has 0 aromatic heterocycles. The average molecular weight is 232 g/mol. The van der Waals surface area contributed by atoms with Gasteiger partial charge in [0.15, 0.2) is 0 Å². The molecule has 0 aliphatic carbocycles. The van der Waals surface area contributed by atoms with Crippen LogP contribution in [0.25, 0.3) is 0 Å². The molecule has 0 radical (unpaired) electrons. The van der Waals surface area contributed by atoms with Crippen molar-refractivity contribution >= 4 is 29.7 Å². The van der Waals surface area contributed by atoms with Gasteiger partial charge in [0.2, 0.25) is 5.69 Å². The van der Waals surface area contributed by atoms with Crippen LogP contribution < -0.4 is 0 Å². The van der Waals surface area contributed by atoms with Gasteiger partial charge in [0.1, 0.15) is 0 Å². The normalized spacial score (nSPS) is 13.7. The smallest absolute Gasteiger partial charge is 0.239 e. The monoisotopic (exact) mass is 232 g/mol. The molecular weight excluding hydrogens is 215 g/mol. The largest absolute Gasteiger partial charge is 0.393 e. The Morgan fingerprint density at radius 2 is 1.58 bits per heavy atom. The van der Waals surface area contributed by atoms with Gasteiger partial charge in [-0.05, 0) is 31.1 Å². The van der Waals surface area contributed by atoms with Crippen molar-refractivity contribution in [3.05, 3.63) is 0 Å². The standard InChI is InChI=1S/C6H14O.H3O2PS2/c1-5(2)4-6(3)7;1-3(2,4)5/h5-7H,4H2,1-3H3;(H3,1,2,4,5). The van der Waals surface area contributed by atoms with E-state index in [1.165, 1.54) is 0 Å². The number of aliphatic hydroxyl groups is 1. The predicted molar refractivity (Wildman–Crippen MR) is 58.8 cm³/mol. The maximum atomic E-state index is 8.72. The first-order valence-electron chi connectivity index (χ1n) is 3.59. The van der Waals surface area contributed by atoms with Crippen molar-refractivity contribution in [2.45, 2.75) is 33.3 Å². The van der Waals surface area contributed by atoms with E-state index in [0.29, 0.717) is 5.92 Å². The Morgan fingerprint density at radius 3 is 1.58 bits per heavy atom. The molecule has 0 saturated heterocycles. The lowest BCUT2D eigenvalue weighted by Crippen LogP contribution is -2.03. The second kappa shape index (κ2) is 7.30. The highest BCUT2D eigenvalue weighted by Gasteiger charge is 1.97. The summed E-state index contributed by atoms with van der Waals surface area (Å²) < 4.78 is 0. The second-order valence-electron chi connectivity index (χ2n) is 2.99. The third-order valence-corrected chi connectivity index (χ3v) is 0.813. The molecule has 0 spiro atoms. The fourth-order valence-corrected chi connectivity index (χ4v) is 0.682. The summed E-state index contributed by atoms with van der Waals surface area (Å²) in [6, 6.07) is 0. The molecule has 0 aliphatic rings. The van der Waals surface area contributed by atoms with E-state index in [1.54, 1.807) is 0 Å². The zero-order valence-corrected chi connectivity index (χ0v) is 10.1. The molecule has 12 heavy (non-hydrogen) atoms. The van der Waals surface area contributed by atoms with Crippen LogP contribution in [-0.4, -0.2) is 21.0 Å². The van der Waals surface area contributed by atoms with Crippen molar-refractivity contribution in [1.82, 2.24) is 0 Å². The van der Waals surface area contributed by atoms with Crippen LogP contribution in [0.1, 0.15) is 27.2 Å². The maximum absolute atomic E-state index is 8.72. The molecule has 0 bridgehead atoms. The fraction of sp³-hybridized carbons (Fsp3) is 1.00. The number of aliphatic hydroxyl groups excluding tert-OH is 1. The van der Waals surface area contributed by atoms with Crippen LogP contribution in [0.4, 0.5) is 0 Å². The minimum Gasteiger partial charge on any atom is -0.393 e. The topological polar surface area (TPSA) is 60.7 Å². The first-order chi connectivity index (χ1) is 5.13. The molecule has 0 aromatic carbocycles. The van der Waals surface area contributed by atoms with Gasteiger partial charge < -0.3 is 14.9 Å². The van der Waals surface area contributed by atoms with Crippen LogP contribution in [-0.2, 0) is 11.8 Å². The Labute approximate surface area is 84.1 Å². The van der Waals surface area contributed by atoms with Crippen LogP contribution in [0.3, 0.4) is 0 Å². The van der Waals surface area contributed by atoms with Crippen molar-refractivity contribution in [1.29, 1.82) is 0 Å². The molecule has 6 heteroatoms. The number of hydrogen-bond acceptors (Lipinski definition) is 2. The first kappa shape index (κ1) is 15.4. The molecule has 0 rings (SSSR count). The summed E-state index contributed by atoms with van der Waals surface area (Å²) in [6.45, 7) is 6.03. The minimum absolute atomic E-state index is 0.125. The quantitative estimate of drug-likeness (QED) is 0.431. The molecule has 1 atom stereocenters. The van der Waals surface area contributed by atoms with Gasteiger partial charge >= 0.3 is 0 Å². The Bertz CT molecular complexity index is 129. The molecule has 0 fully saturated rings. The summed E-state index contributed by atoms with van der Waals surface area (Å²) in [5.41, 5.74) is -3.11. The highest BCUT2D eigenvalue weighted by Crippen LogP contribution is 2.39. The summed E-state index contributed by atoms with van der Waals surface area (Å²) in [5.74, 6) is 0.625. The third-order valence-electron chi connectivity index (χ3n) is 0.813. The zero-order valence-electron chi connectivity index (χ0n) is 7.51. The SMILES string of the molecule is CC(C)CC(C)O.OP(O)(=S)S. The molecule has 3 N–H and O–H groups in total. The van der Waals surface area contributed by atoms with Gasteiger partial charge in [0, 0.05) is 0 Å². The van der Waals surface area contributed by atoms with Gasteiger partial charge in [-0.25, -0.2) is 0 Å². The summed E-state index contributed by atoms with van der Waals surface area (Å²) in [5, 5.41) is 8.72. The highest BCUT2D eigenvalue weighted by atomic mass is 32.9. The predicted octanol–water partition coefficient (Wildman–Crippen LogP) is 1.54. The molecule has 0 aliphatic heterocycles. The van der Waals surface area contributed by atoms with Crippen LogP contribution >= 0.6 is 17.9 Å². The van der Waals surface area contributed by atoms with E-state index >= 15 is 0 Å². The van der Waals surface area contributed by atoms with Crippen LogP contribution in [0.2, 0.25) is 0 Å². The maximum Gasteiger partial charge on any atom is 0.239 e. The summed E-state index contributed by atoms with van der Waals surface area (Å²) >= 11 is 7.07. The van der Waals surface area contributed by atoms with Gasteiger partial charge in [-0.15, -0.1) is 0 Å². The molecular formula is C6H17O3PS2. The third kappa shape index (κ3) is 44.6. The van der Waals surface area contributed by atoms with Crippen molar-refractivity contribution in [3.8, 4) is 0 Å². The van der Waals surface area contributed by atoms with Gasteiger partial charge in [-0.2, -0.15) is 0 Å². The van der Waals surface area contributed by atoms with Crippen molar-refractivity contribution < 1.29 is 14.9 Å². The second-order valence-corrected chi connectivity index (χ2v) is 8.03. The van der Waals surface area contributed by atoms with Gasteiger partial charge in [-0.3, -0.25) is 0 Å². The van der Waals surface area contributed by atoms with Gasteiger partial charge in [0.25, 0.3) is 0 Å². The average Bonchev–Trinajstić information content (AvgIpc) is 1.52. The van der Waals surface area contributed by atoms with E-state index in [4.69, 9.17) is 14.9 Å². The van der Waals surface area contributed by atoms with Crippen molar-refractivity contribution in [2.75, 3.05) is 0 Å². The number of hydrogen-bond donors (Lipinski definition) is 4. The van der Waals surface area contributed by atoms with Gasteiger partial charge in [0.05, 0.1) is 6.10 Å². The molecule has 0 aromatic rings. The van der Waals surface area contributed by atoms with Crippen molar-refractivity contribution in [2.24, 2.45) is 5.92 Å². The molecule has 0 amide bonds. The Morgan fingerprint density at radius 1 is 1.33 bits per heavy atom. The Balaban J connectivity index is 0. The van der Waals surface area contributed by atoms with E-state index in [2.05, 4.69) is 37.9 Å². The summed E-state index contributed by atoms with van der Waals surface area (Å²) in [6.07, 6.45) is 0.792. The molecule has 1 unspecified atom stereocenters. The Hall–Kier alpha value is 0.880. The molecule has 76 valence electrons. The summed E-state index contributed by atoms with van der Waals surface area (Å²) in [4.78, 5) is 15.7. The van der Waals surface area contributed by atoms with E-state index in [-0.39, 0.29) is 6.10 Å². The lowest BCUT2D eigenvalue weighted by atomic mass is 10.1. The highest BCUT2D eigenvalue weighted by molar-refractivity contribution is 8.59. The lowest BCUT2D eigenvalue weighted by Gasteiger charge is -2.04. The van der Waals surface area contributed by atoms with E-state index in [1.807, 2.05) is 6.92 Å². The first-order valence-corrected chi connectivity index (χ1v) is 7.45.